The van der Waals surface area contributed by atoms with Crippen molar-refractivity contribution in [3.63, 3.8) is 0 Å². The number of aryl methyl sites for hydroxylation is 2. The fourth-order valence-corrected chi connectivity index (χ4v) is 5.84. The van der Waals surface area contributed by atoms with Crippen molar-refractivity contribution >= 4 is 34.6 Å². The summed E-state index contributed by atoms with van der Waals surface area (Å²) < 4.78 is 87.2. The van der Waals surface area contributed by atoms with Gasteiger partial charge in [0.1, 0.15) is 0 Å². The first-order chi connectivity index (χ1) is 20.1. The molecule has 0 saturated carbocycles. The molecule has 0 radical (unpaired) electrons. The van der Waals surface area contributed by atoms with E-state index in [1.807, 2.05) is 0 Å². The lowest BCUT2D eigenvalue weighted by molar-refractivity contribution is -0.155. The number of ether oxygens (including phenoxy) is 1. The van der Waals surface area contributed by atoms with Gasteiger partial charge in [-0.1, -0.05) is 12.1 Å². The number of fused-ring (bicyclic) bond motifs is 2. The number of hydrogen-bond donors (Lipinski definition) is 0. The molecule has 230 valence electrons. The molecule has 5 rings (SSSR count). The summed E-state index contributed by atoms with van der Waals surface area (Å²) in [6.07, 6.45) is -10.6. The van der Waals surface area contributed by atoms with Gasteiger partial charge in [-0.15, -0.1) is 0 Å². The van der Waals surface area contributed by atoms with E-state index in [2.05, 4.69) is 0 Å². The predicted octanol–water partition coefficient (Wildman–Crippen LogP) is 4.95. The van der Waals surface area contributed by atoms with Crippen LogP contribution in [0.2, 0.25) is 0 Å². The minimum Gasteiger partial charge on any atom is -0.465 e. The summed E-state index contributed by atoms with van der Waals surface area (Å²) in [7, 11) is 1.38. The second-order valence-electron chi connectivity index (χ2n) is 10.4. The lowest BCUT2D eigenvalue weighted by atomic mass is 9.98. The van der Waals surface area contributed by atoms with Crippen molar-refractivity contribution in [3.8, 4) is 0 Å². The van der Waals surface area contributed by atoms with Crippen molar-refractivity contribution in [2.45, 2.75) is 51.1 Å². The Hall–Kier alpha value is -4.30. The van der Waals surface area contributed by atoms with Crippen molar-refractivity contribution in [3.05, 3.63) is 63.6 Å². The smallest absolute Gasteiger partial charge is 0.416 e. The zero-order valence-electron chi connectivity index (χ0n) is 23.0. The molecule has 2 aromatic carbocycles. The summed E-state index contributed by atoms with van der Waals surface area (Å²) in [5, 5.41) is 0. The number of urea groups is 1. The molecule has 1 saturated heterocycles. The normalized spacial score (nSPS) is 19.3. The van der Waals surface area contributed by atoms with Gasteiger partial charge in [-0.2, -0.15) is 26.3 Å². The maximum absolute atomic E-state index is 13.9. The molecule has 0 bridgehead atoms. The quantitative estimate of drug-likeness (QED) is 0.223. The van der Waals surface area contributed by atoms with Crippen LogP contribution in [0.5, 0.6) is 0 Å². The topological polar surface area (TPSA) is 93.8 Å². The fourth-order valence-electron chi connectivity index (χ4n) is 5.84. The standard InChI is InChI=1S/C28H26F6N4O5/c1-3-43-24(40)18-14-37(15-7-9-21-22(13-15)36(25(41)35(21)2)12-11-27(29,30)31)26(42)38(23(18)39)20-10-8-16-17(20)5-4-6-19(16)28(32,33)34/h4-7,9,13,18,20H,3,8,10-12,14H2,1-2H3/t18?,20-/m1/s1. The third kappa shape index (κ3) is 5.36. The average molecular weight is 613 g/mol. The van der Waals surface area contributed by atoms with E-state index in [-0.39, 0.29) is 47.3 Å². The molecule has 1 fully saturated rings. The molecule has 1 aliphatic carbocycles. The molecular weight excluding hydrogens is 586 g/mol. The largest absolute Gasteiger partial charge is 0.465 e. The van der Waals surface area contributed by atoms with E-state index in [1.165, 1.54) is 44.3 Å². The predicted molar refractivity (Wildman–Crippen MR) is 140 cm³/mol. The van der Waals surface area contributed by atoms with Crippen molar-refractivity contribution in [1.29, 1.82) is 0 Å². The molecule has 0 spiro atoms. The van der Waals surface area contributed by atoms with Crippen LogP contribution >= 0.6 is 0 Å². The highest BCUT2D eigenvalue weighted by molar-refractivity contribution is 6.13. The Morgan fingerprint density at radius 2 is 1.74 bits per heavy atom. The summed E-state index contributed by atoms with van der Waals surface area (Å²) in [6, 6.07) is 5.61. The molecule has 15 heteroatoms. The van der Waals surface area contributed by atoms with E-state index in [0.717, 1.165) is 25.0 Å². The van der Waals surface area contributed by atoms with Crippen LogP contribution in [0.3, 0.4) is 0 Å². The van der Waals surface area contributed by atoms with E-state index in [4.69, 9.17) is 4.74 Å². The monoisotopic (exact) mass is 612 g/mol. The number of carbonyl (C=O) groups is 3. The number of amides is 3. The Labute approximate surface area is 240 Å². The van der Waals surface area contributed by atoms with Crippen LogP contribution in [0.15, 0.2) is 41.2 Å². The molecule has 43 heavy (non-hydrogen) atoms. The Morgan fingerprint density at radius 1 is 1.02 bits per heavy atom. The number of anilines is 1. The van der Waals surface area contributed by atoms with Gasteiger partial charge in [-0.3, -0.25) is 28.5 Å². The number of benzene rings is 2. The Bertz CT molecular complexity index is 1670. The van der Waals surface area contributed by atoms with Gasteiger partial charge in [0.2, 0.25) is 5.91 Å². The first-order valence-electron chi connectivity index (χ1n) is 13.4. The van der Waals surface area contributed by atoms with Gasteiger partial charge in [0.05, 0.1) is 42.2 Å². The summed E-state index contributed by atoms with van der Waals surface area (Å²) in [5.74, 6) is -3.40. The highest BCUT2D eigenvalue weighted by Gasteiger charge is 2.49. The van der Waals surface area contributed by atoms with Gasteiger partial charge in [0.15, 0.2) is 5.92 Å². The number of halogens is 6. The van der Waals surface area contributed by atoms with Crippen LogP contribution in [0.25, 0.3) is 11.0 Å². The highest BCUT2D eigenvalue weighted by atomic mass is 19.4. The van der Waals surface area contributed by atoms with Gasteiger partial charge >= 0.3 is 30.0 Å². The van der Waals surface area contributed by atoms with E-state index >= 15 is 0 Å². The number of nitrogens with zero attached hydrogens (tertiary/aromatic N) is 4. The van der Waals surface area contributed by atoms with Gasteiger partial charge in [0.25, 0.3) is 0 Å². The van der Waals surface area contributed by atoms with E-state index < -0.39 is 73.0 Å². The van der Waals surface area contributed by atoms with Crippen LogP contribution in [-0.2, 0) is 40.5 Å². The minimum absolute atomic E-state index is 0.0159. The first kappa shape index (κ1) is 30.2. The molecule has 9 nitrogen and oxygen atoms in total. The molecule has 3 aromatic rings. The lowest BCUT2D eigenvalue weighted by Gasteiger charge is -2.40. The Balaban J connectivity index is 1.59. The van der Waals surface area contributed by atoms with E-state index in [0.29, 0.717) is 0 Å². The Morgan fingerprint density at radius 3 is 2.40 bits per heavy atom. The van der Waals surface area contributed by atoms with Crippen molar-refractivity contribution in [2.24, 2.45) is 13.0 Å². The first-order valence-corrected chi connectivity index (χ1v) is 13.4. The van der Waals surface area contributed by atoms with Gasteiger partial charge < -0.3 is 4.74 Å². The van der Waals surface area contributed by atoms with Gasteiger partial charge in [0, 0.05) is 19.3 Å². The summed E-state index contributed by atoms with van der Waals surface area (Å²) in [4.78, 5) is 55.0. The average Bonchev–Trinajstić information content (AvgIpc) is 3.45. The van der Waals surface area contributed by atoms with Crippen LogP contribution < -0.4 is 10.6 Å². The second kappa shape index (κ2) is 10.8. The fraction of sp³-hybridized carbons (Fsp3) is 0.429. The summed E-state index contributed by atoms with van der Waals surface area (Å²) in [5.41, 5.74) is -1.10. The van der Waals surface area contributed by atoms with Crippen LogP contribution in [0, 0.1) is 5.92 Å². The molecule has 1 aromatic heterocycles. The third-order valence-corrected chi connectivity index (χ3v) is 7.82. The zero-order valence-corrected chi connectivity index (χ0v) is 23.0. The molecule has 0 N–H and O–H groups in total. The molecule has 3 amide bonds. The van der Waals surface area contributed by atoms with Crippen LogP contribution in [0.4, 0.5) is 36.8 Å². The molecule has 2 heterocycles. The molecule has 2 atom stereocenters. The number of rotatable bonds is 6. The highest BCUT2D eigenvalue weighted by Crippen LogP contribution is 2.44. The number of hydrogen-bond acceptors (Lipinski definition) is 5. The van der Waals surface area contributed by atoms with Crippen molar-refractivity contribution in [2.75, 3.05) is 18.1 Å². The van der Waals surface area contributed by atoms with Gasteiger partial charge in [-0.25, -0.2) is 9.59 Å². The number of imidazole rings is 1. The molecule has 2 aliphatic rings. The Kier molecular flexibility index (Phi) is 7.55. The number of aromatic nitrogens is 2. The maximum atomic E-state index is 13.9. The number of alkyl halides is 6. The molecule has 1 aliphatic heterocycles. The minimum atomic E-state index is -4.66. The lowest BCUT2D eigenvalue weighted by Crippen LogP contribution is -2.59. The zero-order chi connectivity index (χ0) is 31.4. The van der Waals surface area contributed by atoms with E-state index in [9.17, 15) is 45.5 Å². The summed E-state index contributed by atoms with van der Waals surface area (Å²) in [6.45, 7) is 0.258. The SMILES string of the molecule is CCOC(=O)C1CN(c2ccc3c(c2)n(CCC(F)(F)F)c(=O)n3C)C(=O)N([C@@H]2CCc3c2cccc3C(F)(F)F)C1=O. The van der Waals surface area contributed by atoms with Gasteiger partial charge in [-0.05, 0) is 55.2 Å². The number of imide groups is 1. The summed E-state index contributed by atoms with van der Waals surface area (Å²) >= 11 is 0. The maximum Gasteiger partial charge on any atom is 0.416 e. The second-order valence-corrected chi connectivity index (χ2v) is 10.4. The number of carbonyl (C=O) groups excluding carboxylic acids is 3. The van der Waals surface area contributed by atoms with E-state index in [1.54, 1.807) is 0 Å². The molecule has 1 unspecified atom stereocenters. The van der Waals surface area contributed by atoms with Crippen LogP contribution in [0.1, 0.15) is 42.5 Å². The van der Waals surface area contributed by atoms with Crippen LogP contribution in [-0.4, -0.2) is 51.3 Å². The third-order valence-electron chi connectivity index (χ3n) is 7.82. The number of esters is 1. The molecular formula is C28H26F6N4O5. The van der Waals surface area contributed by atoms with Crippen molar-refractivity contribution in [1.82, 2.24) is 14.0 Å². The van der Waals surface area contributed by atoms with Crippen molar-refractivity contribution < 1.29 is 45.5 Å².